The Bertz CT molecular complexity index is 862. The minimum absolute atomic E-state index is 0. The smallest absolute Gasteiger partial charge is 0.229 e. The highest BCUT2D eigenvalue weighted by atomic mass is 35.5. The number of halogens is 1. The van der Waals surface area contributed by atoms with Crippen molar-refractivity contribution >= 4 is 29.2 Å². The minimum atomic E-state index is 0. The Morgan fingerprint density at radius 3 is 2.70 bits per heavy atom. The van der Waals surface area contributed by atoms with Crippen LogP contribution in [0.4, 0.5) is 0 Å². The fraction of sp³-hybridized carbons (Fsp3) is 0.654. The van der Waals surface area contributed by atoms with E-state index in [2.05, 4.69) is 59.8 Å². The van der Waals surface area contributed by atoms with Gasteiger partial charge in [-0.2, -0.15) is 0 Å². The molecule has 3 rings (SSSR count). The van der Waals surface area contributed by atoms with Crippen molar-refractivity contribution in [2.45, 2.75) is 77.9 Å². The Morgan fingerprint density at radius 1 is 1.24 bits per heavy atom. The van der Waals surface area contributed by atoms with E-state index in [1.165, 1.54) is 0 Å². The number of nitrogens with one attached hydrogen (secondary N) is 1. The second kappa shape index (κ2) is 13.8. The van der Waals surface area contributed by atoms with Crippen LogP contribution in [0.2, 0.25) is 0 Å². The van der Waals surface area contributed by atoms with Gasteiger partial charge in [0.1, 0.15) is 5.75 Å². The van der Waals surface area contributed by atoms with Gasteiger partial charge in [-0.15, -0.1) is 12.4 Å². The van der Waals surface area contributed by atoms with Crippen LogP contribution in [0.5, 0.6) is 5.75 Å². The van der Waals surface area contributed by atoms with Crippen LogP contribution < -0.4 is 10.1 Å². The van der Waals surface area contributed by atoms with Crippen LogP contribution in [0.1, 0.15) is 58.6 Å². The molecule has 1 aliphatic heterocycles. The van der Waals surface area contributed by atoms with Gasteiger partial charge in [0.15, 0.2) is 0 Å². The minimum Gasteiger partial charge on any atom is -0.491 e. The van der Waals surface area contributed by atoms with Crippen molar-refractivity contribution in [1.82, 2.24) is 14.8 Å². The first kappa shape index (κ1) is 27.5. The largest absolute Gasteiger partial charge is 0.491 e. The number of rotatable bonds is 12. The summed E-state index contributed by atoms with van der Waals surface area (Å²) in [5, 5.41) is 4.57. The SMILES string of the molecule is CCCOc1c(CC(=O)N(C(C)C)[C@@H]2CCCNC2)n(CCCCOC)c2ccccc12.Cl. The molecule has 1 amide bonds. The van der Waals surface area contributed by atoms with Gasteiger partial charge in [0, 0.05) is 44.3 Å². The quantitative estimate of drug-likeness (QED) is 0.444. The molecule has 7 heteroatoms. The molecular formula is C26H42ClN3O3. The lowest BCUT2D eigenvalue weighted by molar-refractivity contribution is -0.135. The maximum absolute atomic E-state index is 13.7. The number of carbonyl (C=O) groups excluding carboxylic acids is 1. The Hall–Kier alpha value is -1.76. The fourth-order valence-corrected chi connectivity index (χ4v) is 4.86. The van der Waals surface area contributed by atoms with E-state index in [1.807, 2.05) is 0 Å². The third-order valence-electron chi connectivity index (χ3n) is 6.29. The van der Waals surface area contributed by atoms with Crippen molar-refractivity contribution in [3.05, 3.63) is 30.0 Å². The molecule has 0 saturated carbocycles. The van der Waals surface area contributed by atoms with Crippen LogP contribution in [-0.2, 0) is 22.5 Å². The summed E-state index contributed by atoms with van der Waals surface area (Å²) in [6, 6.07) is 8.81. The third kappa shape index (κ3) is 6.87. The van der Waals surface area contributed by atoms with Crippen LogP contribution in [0.15, 0.2) is 24.3 Å². The van der Waals surface area contributed by atoms with Gasteiger partial charge in [-0.05, 0) is 64.6 Å². The summed E-state index contributed by atoms with van der Waals surface area (Å²) in [6.45, 7) is 10.6. The summed E-state index contributed by atoms with van der Waals surface area (Å²) >= 11 is 0. The molecular weight excluding hydrogens is 438 g/mol. The number of aryl methyl sites for hydroxylation is 1. The summed E-state index contributed by atoms with van der Waals surface area (Å²) in [5.41, 5.74) is 2.16. The highest BCUT2D eigenvalue weighted by Crippen LogP contribution is 2.35. The molecule has 2 heterocycles. The molecule has 2 aromatic rings. The van der Waals surface area contributed by atoms with Crippen LogP contribution in [0, 0.1) is 0 Å². The molecule has 0 radical (unpaired) electrons. The highest BCUT2D eigenvalue weighted by molar-refractivity contribution is 5.91. The molecule has 1 atom stereocenters. The van der Waals surface area contributed by atoms with E-state index in [9.17, 15) is 4.79 Å². The fourth-order valence-electron chi connectivity index (χ4n) is 4.86. The molecule has 186 valence electrons. The molecule has 1 saturated heterocycles. The Morgan fingerprint density at radius 2 is 2.03 bits per heavy atom. The van der Waals surface area contributed by atoms with Gasteiger partial charge in [-0.3, -0.25) is 4.79 Å². The topological polar surface area (TPSA) is 55.7 Å². The van der Waals surface area contributed by atoms with Crippen molar-refractivity contribution in [2.75, 3.05) is 33.4 Å². The van der Waals surface area contributed by atoms with Gasteiger partial charge in [0.25, 0.3) is 0 Å². The second-order valence-corrected chi connectivity index (χ2v) is 9.06. The summed E-state index contributed by atoms with van der Waals surface area (Å²) in [4.78, 5) is 15.8. The number of aromatic nitrogens is 1. The van der Waals surface area contributed by atoms with Gasteiger partial charge < -0.3 is 24.3 Å². The molecule has 1 aliphatic rings. The normalized spacial score (nSPS) is 16.1. The summed E-state index contributed by atoms with van der Waals surface area (Å²) < 4.78 is 13.8. The Labute approximate surface area is 205 Å². The predicted molar refractivity (Wildman–Crippen MR) is 138 cm³/mol. The van der Waals surface area contributed by atoms with E-state index in [4.69, 9.17) is 9.47 Å². The highest BCUT2D eigenvalue weighted by Gasteiger charge is 2.30. The number of hydrogen-bond donors (Lipinski definition) is 1. The summed E-state index contributed by atoms with van der Waals surface area (Å²) in [6.07, 6.45) is 5.48. The van der Waals surface area contributed by atoms with Crippen LogP contribution >= 0.6 is 12.4 Å². The molecule has 33 heavy (non-hydrogen) atoms. The van der Waals surface area contributed by atoms with E-state index in [1.54, 1.807) is 7.11 Å². The number of fused-ring (bicyclic) bond motifs is 1. The van der Waals surface area contributed by atoms with Gasteiger partial charge in [-0.1, -0.05) is 19.1 Å². The molecule has 0 bridgehead atoms. The molecule has 1 N–H and O–H groups in total. The number of ether oxygens (including phenoxy) is 2. The second-order valence-electron chi connectivity index (χ2n) is 9.06. The number of amides is 1. The van der Waals surface area contributed by atoms with Gasteiger partial charge >= 0.3 is 0 Å². The number of nitrogens with zero attached hydrogens (tertiary/aromatic N) is 2. The molecule has 1 aromatic carbocycles. The van der Waals surface area contributed by atoms with Crippen molar-refractivity contribution in [2.24, 2.45) is 0 Å². The first-order chi connectivity index (χ1) is 15.6. The third-order valence-corrected chi connectivity index (χ3v) is 6.29. The molecule has 1 aromatic heterocycles. The first-order valence-electron chi connectivity index (χ1n) is 12.3. The lowest BCUT2D eigenvalue weighted by Gasteiger charge is -2.38. The molecule has 0 unspecified atom stereocenters. The van der Waals surface area contributed by atoms with Crippen molar-refractivity contribution in [3.63, 3.8) is 0 Å². The average Bonchev–Trinajstić information content (AvgIpc) is 3.08. The van der Waals surface area contributed by atoms with Crippen LogP contribution in [0.3, 0.4) is 0 Å². The monoisotopic (exact) mass is 479 g/mol. The molecule has 0 aliphatic carbocycles. The van der Waals surface area contributed by atoms with Crippen molar-refractivity contribution in [1.29, 1.82) is 0 Å². The van der Waals surface area contributed by atoms with Gasteiger partial charge in [-0.25, -0.2) is 0 Å². The summed E-state index contributed by atoms with van der Waals surface area (Å²) in [7, 11) is 1.74. The summed E-state index contributed by atoms with van der Waals surface area (Å²) in [5.74, 6) is 1.07. The van der Waals surface area contributed by atoms with E-state index >= 15 is 0 Å². The number of hydrogen-bond acceptors (Lipinski definition) is 4. The van der Waals surface area contributed by atoms with Crippen molar-refractivity contribution < 1.29 is 14.3 Å². The Kier molecular flexibility index (Phi) is 11.5. The average molecular weight is 480 g/mol. The maximum atomic E-state index is 13.7. The lowest BCUT2D eigenvalue weighted by Crippen LogP contribution is -2.52. The zero-order valence-electron chi connectivity index (χ0n) is 20.8. The number of piperidine rings is 1. The Balaban J connectivity index is 0.00000385. The molecule has 1 fully saturated rings. The van der Waals surface area contributed by atoms with Crippen molar-refractivity contribution in [3.8, 4) is 5.75 Å². The number of benzene rings is 1. The van der Waals surface area contributed by atoms with E-state index < -0.39 is 0 Å². The number of methoxy groups -OCH3 is 1. The first-order valence-corrected chi connectivity index (χ1v) is 12.3. The van der Waals surface area contributed by atoms with E-state index in [0.29, 0.717) is 13.0 Å². The van der Waals surface area contributed by atoms with E-state index in [-0.39, 0.29) is 30.4 Å². The van der Waals surface area contributed by atoms with E-state index in [0.717, 1.165) is 80.7 Å². The predicted octanol–water partition coefficient (Wildman–Crippen LogP) is 4.81. The number of para-hydroxylation sites is 1. The van der Waals surface area contributed by atoms with Gasteiger partial charge in [0.05, 0.1) is 24.2 Å². The van der Waals surface area contributed by atoms with Crippen LogP contribution in [-0.4, -0.2) is 60.9 Å². The molecule has 6 nitrogen and oxygen atoms in total. The number of carbonyl (C=O) groups is 1. The van der Waals surface area contributed by atoms with Gasteiger partial charge in [0.2, 0.25) is 5.91 Å². The zero-order chi connectivity index (χ0) is 22.9. The lowest BCUT2D eigenvalue weighted by atomic mass is 10.0. The molecule has 0 spiro atoms. The maximum Gasteiger partial charge on any atom is 0.229 e. The number of unbranched alkanes of at least 4 members (excludes halogenated alkanes) is 1. The standard InChI is InChI=1S/C26H41N3O3.ClH/c1-5-16-32-26-22-12-6-7-13-23(22)28(15-8-9-17-31-4)24(26)18-25(30)29(20(2)3)21-11-10-14-27-19-21;/h6-7,12-13,20-21,27H,5,8-11,14-19H2,1-4H3;1H/t21-;/m1./s1. The van der Waals surface area contributed by atoms with Crippen LogP contribution in [0.25, 0.3) is 10.9 Å². The zero-order valence-corrected chi connectivity index (χ0v) is 21.6.